The minimum atomic E-state index is -0.106. The topological polar surface area (TPSA) is 69.3 Å². The fourth-order valence-electron chi connectivity index (χ4n) is 3.26. The number of nitrogens with zero attached hydrogens (tertiary/aromatic N) is 1. The zero-order valence-corrected chi connectivity index (χ0v) is 17.4. The highest BCUT2D eigenvalue weighted by atomic mass is 16.5. The fourth-order valence-corrected chi connectivity index (χ4v) is 3.26. The Kier molecular flexibility index (Phi) is 6.82. The van der Waals surface area contributed by atoms with Crippen molar-refractivity contribution in [1.29, 1.82) is 0 Å². The number of carbonyl (C=O) groups excluding carboxylic acids is 1. The van der Waals surface area contributed by atoms with Gasteiger partial charge < -0.3 is 24.3 Å². The summed E-state index contributed by atoms with van der Waals surface area (Å²) in [5, 5.41) is 2.94. The highest BCUT2D eigenvalue weighted by molar-refractivity contribution is 5.94. The van der Waals surface area contributed by atoms with Crippen molar-refractivity contribution in [2.75, 3.05) is 40.3 Å². The van der Waals surface area contributed by atoms with Crippen molar-refractivity contribution in [2.24, 2.45) is 0 Å². The molecule has 1 amide bonds. The van der Waals surface area contributed by atoms with E-state index in [9.17, 15) is 4.79 Å². The van der Waals surface area contributed by atoms with E-state index < -0.39 is 0 Å². The molecule has 7 heteroatoms. The van der Waals surface area contributed by atoms with Crippen molar-refractivity contribution in [3.05, 3.63) is 42.0 Å². The number of methoxy groups -OCH3 is 4. The van der Waals surface area contributed by atoms with E-state index in [0.717, 1.165) is 29.9 Å². The molecule has 2 aromatic carbocycles. The van der Waals surface area contributed by atoms with Crippen molar-refractivity contribution in [1.82, 2.24) is 4.90 Å². The first-order valence-corrected chi connectivity index (χ1v) is 9.54. The predicted molar refractivity (Wildman–Crippen MR) is 111 cm³/mol. The summed E-state index contributed by atoms with van der Waals surface area (Å²) in [5.41, 5.74) is 1.58. The van der Waals surface area contributed by atoms with Crippen molar-refractivity contribution in [3.63, 3.8) is 0 Å². The van der Waals surface area contributed by atoms with E-state index in [2.05, 4.69) is 10.2 Å². The van der Waals surface area contributed by atoms with Crippen LogP contribution >= 0.6 is 0 Å². The largest absolute Gasteiger partial charge is 0.497 e. The zero-order chi connectivity index (χ0) is 20.8. The van der Waals surface area contributed by atoms with Gasteiger partial charge in [0, 0.05) is 24.2 Å². The van der Waals surface area contributed by atoms with Gasteiger partial charge in [-0.25, -0.2) is 0 Å². The van der Waals surface area contributed by atoms with Crippen LogP contribution in [0, 0.1) is 0 Å². The third-order valence-corrected chi connectivity index (χ3v) is 4.95. The van der Waals surface area contributed by atoms with Gasteiger partial charge in [-0.3, -0.25) is 9.69 Å². The summed E-state index contributed by atoms with van der Waals surface area (Å²) in [5.74, 6) is 2.69. The summed E-state index contributed by atoms with van der Waals surface area (Å²) in [6.07, 6.45) is 2.17. The van der Waals surface area contributed by atoms with Crippen molar-refractivity contribution in [2.45, 2.75) is 25.4 Å². The predicted octanol–water partition coefficient (Wildman–Crippen LogP) is 3.32. The fraction of sp³-hybridized carbons (Fsp3) is 0.409. The van der Waals surface area contributed by atoms with Crippen LogP contribution in [0.1, 0.15) is 18.4 Å². The molecule has 1 aliphatic rings. The third kappa shape index (κ3) is 5.32. The SMILES string of the molecule is COc1ccc(OC)c(CN(CC(=O)Nc2cc(OC)ccc2OC)C2CC2)c1. The van der Waals surface area contributed by atoms with Crippen molar-refractivity contribution in [3.8, 4) is 23.0 Å². The molecule has 0 heterocycles. The number of carbonyl (C=O) groups is 1. The van der Waals surface area contributed by atoms with Gasteiger partial charge in [0.25, 0.3) is 0 Å². The number of benzene rings is 2. The average molecular weight is 400 g/mol. The summed E-state index contributed by atoms with van der Waals surface area (Å²) in [6, 6.07) is 11.4. The normalized spacial score (nSPS) is 13.1. The van der Waals surface area contributed by atoms with Crippen molar-refractivity contribution >= 4 is 11.6 Å². The molecule has 1 N–H and O–H groups in total. The van der Waals surface area contributed by atoms with Crippen LogP contribution in [0.2, 0.25) is 0 Å². The van der Waals surface area contributed by atoms with Crippen LogP contribution in [0.4, 0.5) is 5.69 Å². The van der Waals surface area contributed by atoms with Gasteiger partial charge in [-0.15, -0.1) is 0 Å². The highest BCUT2D eigenvalue weighted by Gasteiger charge is 2.31. The molecule has 0 radical (unpaired) electrons. The second kappa shape index (κ2) is 9.52. The number of amides is 1. The Morgan fingerprint density at radius 2 is 1.55 bits per heavy atom. The number of hydrogen-bond acceptors (Lipinski definition) is 6. The summed E-state index contributed by atoms with van der Waals surface area (Å²) >= 11 is 0. The molecule has 29 heavy (non-hydrogen) atoms. The summed E-state index contributed by atoms with van der Waals surface area (Å²) in [7, 11) is 6.44. The Morgan fingerprint density at radius 1 is 0.931 bits per heavy atom. The Hall–Kier alpha value is -2.93. The molecule has 0 unspecified atom stereocenters. The van der Waals surface area contributed by atoms with Gasteiger partial charge in [-0.05, 0) is 43.2 Å². The Morgan fingerprint density at radius 3 is 2.14 bits per heavy atom. The van der Waals surface area contributed by atoms with E-state index in [1.165, 1.54) is 0 Å². The molecule has 1 saturated carbocycles. The van der Waals surface area contributed by atoms with Crippen molar-refractivity contribution < 1.29 is 23.7 Å². The molecule has 0 spiro atoms. The maximum Gasteiger partial charge on any atom is 0.238 e. The zero-order valence-electron chi connectivity index (χ0n) is 17.4. The maximum atomic E-state index is 12.8. The molecular weight excluding hydrogens is 372 g/mol. The van der Waals surface area contributed by atoms with Gasteiger partial charge in [0.2, 0.25) is 5.91 Å². The van der Waals surface area contributed by atoms with Gasteiger partial charge in [0.05, 0.1) is 40.7 Å². The second-order valence-electron chi connectivity index (χ2n) is 6.93. The summed E-state index contributed by atoms with van der Waals surface area (Å²) in [6.45, 7) is 0.874. The number of hydrogen-bond donors (Lipinski definition) is 1. The molecule has 0 saturated heterocycles. The molecular formula is C22H28N2O5. The van der Waals surface area contributed by atoms with E-state index in [1.54, 1.807) is 46.6 Å². The van der Waals surface area contributed by atoms with Crippen LogP contribution in [0.25, 0.3) is 0 Å². The van der Waals surface area contributed by atoms with E-state index in [4.69, 9.17) is 18.9 Å². The van der Waals surface area contributed by atoms with E-state index >= 15 is 0 Å². The molecule has 0 bridgehead atoms. The van der Waals surface area contributed by atoms with Crippen LogP contribution in [-0.4, -0.2) is 51.8 Å². The lowest BCUT2D eigenvalue weighted by Crippen LogP contribution is -2.34. The lowest BCUT2D eigenvalue weighted by Gasteiger charge is -2.23. The molecule has 3 rings (SSSR count). The first-order chi connectivity index (χ1) is 14.1. The first-order valence-electron chi connectivity index (χ1n) is 9.54. The Balaban J connectivity index is 1.73. The summed E-state index contributed by atoms with van der Waals surface area (Å²) in [4.78, 5) is 15.0. The molecule has 0 aromatic heterocycles. The molecule has 7 nitrogen and oxygen atoms in total. The molecule has 0 aliphatic heterocycles. The molecule has 1 fully saturated rings. The number of rotatable bonds is 10. The van der Waals surface area contributed by atoms with Crippen LogP contribution in [0.15, 0.2) is 36.4 Å². The van der Waals surface area contributed by atoms with Gasteiger partial charge >= 0.3 is 0 Å². The molecule has 0 atom stereocenters. The molecule has 1 aliphatic carbocycles. The number of ether oxygens (including phenoxy) is 4. The number of anilines is 1. The smallest absolute Gasteiger partial charge is 0.238 e. The van der Waals surface area contributed by atoms with Crippen LogP contribution in [0.5, 0.6) is 23.0 Å². The van der Waals surface area contributed by atoms with E-state index in [1.807, 2.05) is 18.2 Å². The summed E-state index contributed by atoms with van der Waals surface area (Å²) < 4.78 is 21.4. The molecule has 2 aromatic rings. The quantitative estimate of drug-likeness (QED) is 0.660. The first kappa shape index (κ1) is 20.8. The molecule has 156 valence electrons. The maximum absolute atomic E-state index is 12.8. The average Bonchev–Trinajstić information content (AvgIpc) is 3.58. The number of nitrogens with one attached hydrogen (secondary N) is 1. The minimum Gasteiger partial charge on any atom is -0.497 e. The Bertz CT molecular complexity index is 851. The van der Waals surface area contributed by atoms with Crippen LogP contribution < -0.4 is 24.3 Å². The lowest BCUT2D eigenvalue weighted by molar-refractivity contribution is -0.117. The monoisotopic (exact) mass is 400 g/mol. The van der Waals surface area contributed by atoms with Gasteiger partial charge in [0.15, 0.2) is 0 Å². The second-order valence-corrected chi connectivity index (χ2v) is 6.93. The van der Waals surface area contributed by atoms with Gasteiger partial charge in [-0.2, -0.15) is 0 Å². The standard InChI is InChI=1S/C22H28N2O5/c1-26-17-7-9-20(28-3)15(11-17)13-24(16-5-6-16)14-22(25)23-19-12-18(27-2)8-10-21(19)29-4/h7-12,16H,5-6,13-14H2,1-4H3,(H,23,25). The van der Waals surface area contributed by atoms with E-state index in [-0.39, 0.29) is 12.5 Å². The Labute approximate surface area is 171 Å². The van der Waals surface area contributed by atoms with Gasteiger partial charge in [-0.1, -0.05) is 0 Å². The minimum absolute atomic E-state index is 0.106. The highest BCUT2D eigenvalue weighted by Crippen LogP contribution is 2.32. The van der Waals surface area contributed by atoms with E-state index in [0.29, 0.717) is 29.8 Å². The van der Waals surface area contributed by atoms with Crippen LogP contribution in [0.3, 0.4) is 0 Å². The lowest BCUT2D eigenvalue weighted by atomic mass is 10.1. The van der Waals surface area contributed by atoms with Gasteiger partial charge in [0.1, 0.15) is 23.0 Å². The van der Waals surface area contributed by atoms with Crippen LogP contribution in [-0.2, 0) is 11.3 Å². The third-order valence-electron chi connectivity index (χ3n) is 4.95.